The number of benzene rings is 8. The third-order valence-electron chi connectivity index (χ3n) is 11.0. The Balaban J connectivity index is 1.18. The molecule has 1 aliphatic heterocycles. The molecule has 270 valence electrons. The van der Waals surface area contributed by atoms with Crippen molar-refractivity contribution >= 4 is 39.3 Å². The first-order valence-corrected chi connectivity index (χ1v) is 18.9. The molecule has 0 unspecified atom stereocenters. The summed E-state index contributed by atoms with van der Waals surface area (Å²) >= 11 is 0. The van der Waals surface area contributed by atoms with Gasteiger partial charge in [-0.05, 0) is 106 Å². The highest BCUT2D eigenvalue weighted by atomic mass is 16.2. The summed E-state index contributed by atoms with van der Waals surface area (Å²) < 4.78 is 2.09. The summed E-state index contributed by atoms with van der Waals surface area (Å²) in [5.41, 5.74) is 12.2. The predicted octanol–water partition coefficient (Wildman–Crippen LogP) is 12.0. The Morgan fingerprint density at radius 1 is 0.379 bits per heavy atom. The van der Waals surface area contributed by atoms with Crippen LogP contribution in [0.1, 0.15) is 31.8 Å². The van der Waals surface area contributed by atoms with Crippen molar-refractivity contribution in [1.82, 2.24) is 4.57 Å². The van der Waals surface area contributed by atoms with E-state index in [2.05, 4.69) is 41.0 Å². The van der Waals surface area contributed by atoms with Crippen LogP contribution in [0.4, 0.5) is 5.69 Å². The number of imide groups is 1. The number of carbonyl (C=O) groups excluding carboxylic acids is 2. The molecule has 1 aromatic heterocycles. The highest BCUT2D eigenvalue weighted by Gasteiger charge is 2.40. The molecule has 0 radical (unpaired) electrons. The fourth-order valence-corrected chi connectivity index (χ4v) is 8.28. The van der Waals surface area contributed by atoms with Crippen LogP contribution in [-0.4, -0.2) is 16.4 Å². The lowest BCUT2D eigenvalue weighted by Gasteiger charge is -2.22. The topological polar surface area (TPSA) is 89.9 Å². The zero-order valence-corrected chi connectivity index (χ0v) is 30.9. The van der Waals surface area contributed by atoms with Crippen molar-refractivity contribution in [2.45, 2.75) is 0 Å². The van der Waals surface area contributed by atoms with Gasteiger partial charge in [-0.15, -0.1) is 0 Å². The molecular formula is C52H30N4O2. The molecule has 0 N–H and O–H groups in total. The van der Waals surface area contributed by atoms with Crippen molar-refractivity contribution in [3.63, 3.8) is 0 Å². The number of aromatic nitrogens is 1. The number of carbonyl (C=O) groups is 2. The predicted molar refractivity (Wildman–Crippen MR) is 230 cm³/mol. The van der Waals surface area contributed by atoms with E-state index in [1.54, 1.807) is 6.07 Å². The van der Waals surface area contributed by atoms with Crippen LogP contribution in [0.3, 0.4) is 0 Å². The minimum atomic E-state index is -0.392. The van der Waals surface area contributed by atoms with Crippen molar-refractivity contribution in [1.29, 1.82) is 10.5 Å². The average Bonchev–Trinajstić information content (AvgIpc) is 3.75. The Bertz CT molecular complexity index is 3090. The summed E-state index contributed by atoms with van der Waals surface area (Å²) in [4.78, 5) is 31.0. The maximum absolute atomic E-state index is 15.1. The molecule has 1 aliphatic rings. The van der Waals surface area contributed by atoms with E-state index in [0.717, 1.165) is 66.3 Å². The van der Waals surface area contributed by atoms with Gasteiger partial charge in [0.1, 0.15) is 0 Å². The van der Waals surface area contributed by atoms with Crippen molar-refractivity contribution in [3.8, 4) is 62.3 Å². The Hall–Kier alpha value is -8.32. The Morgan fingerprint density at radius 2 is 0.862 bits per heavy atom. The lowest BCUT2D eigenvalue weighted by Crippen LogP contribution is -2.30. The van der Waals surface area contributed by atoms with Crippen molar-refractivity contribution < 1.29 is 9.59 Å². The Labute approximate surface area is 334 Å². The number of fused-ring (bicyclic) bond motifs is 4. The molecule has 6 heteroatoms. The maximum atomic E-state index is 15.1. The number of anilines is 1. The summed E-state index contributed by atoms with van der Waals surface area (Å²) in [5.74, 6) is -0.771. The van der Waals surface area contributed by atoms with E-state index in [4.69, 9.17) is 0 Å². The summed E-state index contributed by atoms with van der Waals surface area (Å²) in [6.07, 6.45) is 0. The zero-order valence-electron chi connectivity index (χ0n) is 30.9. The fourth-order valence-electron chi connectivity index (χ4n) is 8.28. The molecule has 0 saturated carbocycles. The molecule has 0 aliphatic carbocycles. The molecule has 0 spiro atoms. The monoisotopic (exact) mass is 742 g/mol. The van der Waals surface area contributed by atoms with E-state index in [0.29, 0.717) is 33.6 Å². The Kier molecular flexibility index (Phi) is 8.11. The number of nitrogens with zero attached hydrogens (tertiary/aromatic N) is 4. The third-order valence-corrected chi connectivity index (χ3v) is 11.0. The highest BCUT2D eigenvalue weighted by molar-refractivity contribution is 6.37. The van der Waals surface area contributed by atoms with Gasteiger partial charge in [-0.3, -0.25) is 9.59 Å². The largest absolute Gasteiger partial charge is 0.308 e. The second-order valence-corrected chi connectivity index (χ2v) is 14.3. The van der Waals surface area contributed by atoms with Gasteiger partial charge in [0, 0.05) is 16.3 Å². The molecule has 0 atom stereocenters. The second kappa shape index (κ2) is 13.8. The number of hydrogen-bond donors (Lipinski definition) is 0. The molecule has 2 amide bonds. The molecule has 0 fully saturated rings. The zero-order chi connectivity index (χ0) is 39.3. The van der Waals surface area contributed by atoms with E-state index < -0.39 is 5.91 Å². The normalized spacial score (nSPS) is 12.1. The van der Waals surface area contributed by atoms with Gasteiger partial charge >= 0.3 is 0 Å². The average molecular weight is 743 g/mol. The molecule has 6 nitrogen and oxygen atoms in total. The fraction of sp³-hybridized carbons (Fsp3) is 0. The van der Waals surface area contributed by atoms with Gasteiger partial charge < -0.3 is 4.57 Å². The lowest BCUT2D eigenvalue weighted by atomic mass is 9.92. The van der Waals surface area contributed by atoms with Crippen LogP contribution in [-0.2, 0) is 0 Å². The van der Waals surface area contributed by atoms with Crippen molar-refractivity contribution in [2.24, 2.45) is 0 Å². The van der Waals surface area contributed by atoms with E-state index in [1.165, 1.54) is 4.90 Å². The standard InChI is InChI=1S/C52H30N4O2/c53-31-33-17-21-35(22-18-33)39-25-27-45-43(29-39)44-30-40(36-23-19-34(32-54)20-24-36)26-28-46(44)55(45)48-16-8-14-42-50(48)52(58)56(51(42)57)47-15-7-13-41(37-9-3-1-4-10-37)49(47)38-11-5-2-6-12-38/h1-30H. The molecule has 0 saturated heterocycles. The molecule has 10 rings (SSSR count). The van der Waals surface area contributed by atoms with Crippen LogP contribution in [0.15, 0.2) is 182 Å². The molecule has 0 bridgehead atoms. The smallest absolute Gasteiger partial charge is 0.268 e. The van der Waals surface area contributed by atoms with Gasteiger partial charge in [-0.25, -0.2) is 4.90 Å². The molecule has 9 aromatic rings. The lowest BCUT2D eigenvalue weighted by molar-refractivity contribution is 0.0926. The van der Waals surface area contributed by atoms with E-state index in [1.807, 2.05) is 152 Å². The van der Waals surface area contributed by atoms with Gasteiger partial charge in [0.15, 0.2) is 0 Å². The van der Waals surface area contributed by atoms with Crippen LogP contribution in [0.2, 0.25) is 0 Å². The first-order chi connectivity index (χ1) is 28.5. The van der Waals surface area contributed by atoms with E-state index >= 15 is 4.79 Å². The number of amides is 2. The van der Waals surface area contributed by atoms with E-state index in [9.17, 15) is 15.3 Å². The van der Waals surface area contributed by atoms with Crippen LogP contribution in [0.25, 0.3) is 72.0 Å². The van der Waals surface area contributed by atoms with Crippen molar-refractivity contribution in [2.75, 3.05) is 4.90 Å². The minimum Gasteiger partial charge on any atom is -0.308 e. The van der Waals surface area contributed by atoms with E-state index in [-0.39, 0.29) is 5.91 Å². The third kappa shape index (κ3) is 5.48. The molecule has 2 heterocycles. The van der Waals surface area contributed by atoms with Gasteiger partial charge in [-0.1, -0.05) is 115 Å². The Morgan fingerprint density at radius 3 is 1.40 bits per heavy atom. The van der Waals surface area contributed by atoms with Gasteiger partial charge in [0.05, 0.1) is 56.8 Å². The van der Waals surface area contributed by atoms with Crippen molar-refractivity contribution in [3.05, 3.63) is 204 Å². The first-order valence-electron chi connectivity index (χ1n) is 18.9. The number of nitriles is 2. The molecular weight excluding hydrogens is 713 g/mol. The van der Waals surface area contributed by atoms with Crippen LogP contribution >= 0.6 is 0 Å². The summed E-state index contributed by atoms with van der Waals surface area (Å²) in [7, 11) is 0. The summed E-state index contributed by atoms with van der Waals surface area (Å²) in [5, 5.41) is 20.7. The van der Waals surface area contributed by atoms with Gasteiger partial charge in [0.25, 0.3) is 11.8 Å². The van der Waals surface area contributed by atoms with Crippen LogP contribution in [0, 0.1) is 22.7 Å². The number of rotatable bonds is 6. The minimum absolute atomic E-state index is 0.336. The molecule has 8 aromatic carbocycles. The first kappa shape index (κ1) is 34.2. The second-order valence-electron chi connectivity index (χ2n) is 14.3. The quantitative estimate of drug-likeness (QED) is 0.159. The summed E-state index contributed by atoms with van der Waals surface area (Å²) in [6, 6.07) is 63.1. The highest BCUT2D eigenvalue weighted by Crippen LogP contribution is 2.44. The SMILES string of the molecule is N#Cc1ccc(-c2ccc3c(c2)c2cc(-c4ccc(C#N)cc4)ccc2n3-c2cccc3c2C(=O)N(c2cccc(-c4ccccc4)c2-c2ccccc2)C3=O)cc1. The maximum Gasteiger partial charge on any atom is 0.268 e. The van der Waals surface area contributed by atoms with Crippen LogP contribution in [0.5, 0.6) is 0 Å². The van der Waals surface area contributed by atoms with Gasteiger partial charge in [-0.2, -0.15) is 10.5 Å². The summed E-state index contributed by atoms with van der Waals surface area (Å²) in [6.45, 7) is 0. The number of hydrogen-bond acceptors (Lipinski definition) is 4. The molecule has 58 heavy (non-hydrogen) atoms. The van der Waals surface area contributed by atoms with Crippen LogP contribution < -0.4 is 4.90 Å². The van der Waals surface area contributed by atoms with Gasteiger partial charge in [0.2, 0.25) is 0 Å².